The van der Waals surface area contributed by atoms with Crippen LogP contribution in [0.4, 0.5) is 10.6 Å². The molecule has 0 bridgehead atoms. The Morgan fingerprint density at radius 3 is 2.61 bits per heavy atom. The molecule has 1 atom stereocenters. The number of ether oxygens (including phenoxy) is 1. The smallest absolute Gasteiger partial charge is 0.410 e. The largest absolute Gasteiger partial charge is 0.480 e. The highest BCUT2D eigenvalue weighted by atomic mass is 16.6. The van der Waals surface area contributed by atoms with E-state index in [9.17, 15) is 14.7 Å². The normalized spacial score (nSPS) is 12.4. The van der Waals surface area contributed by atoms with Crippen LogP contribution in [0.15, 0.2) is 18.3 Å². The van der Waals surface area contributed by atoms with Gasteiger partial charge in [-0.25, -0.2) is 14.6 Å². The van der Waals surface area contributed by atoms with E-state index in [0.717, 1.165) is 10.5 Å². The van der Waals surface area contributed by atoms with Gasteiger partial charge in [0, 0.05) is 26.2 Å². The van der Waals surface area contributed by atoms with E-state index < -0.39 is 23.7 Å². The lowest BCUT2D eigenvalue weighted by Crippen LogP contribution is -2.46. The third-order valence-electron chi connectivity index (χ3n) is 3.08. The van der Waals surface area contributed by atoms with Gasteiger partial charge >= 0.3 is 12.1 Å². The molecule has 2 N–H and O–H groups in total. The molecule has 23 heavy (non-hydrogen) atoms. The van der Waals surface area contributed by atoms with Crippen molar-refractivity contribution in [2.24, 2.45) is 0 Å². The van der Waals surface area contributed by atoms with Gasteiger partial charge in [-0.2, -0.15) is 0 Å². The quantitative estimate of drug-likeness (QED) is 0.835. The summed E-state index contributed by atoms with van der Waals surface area (Å²) >= 11 is 0. The molecule has 1 rings (SSSR count). The van der Waals surface area contributed by atoms with Crippen LogP contribution < -0.4 is 5.32 Å². The van der Waals surface area contributed by atoms with Gasteiger partial charge in [0.1, 0.15) is 17.5 Å². The molecule has 0 saturated heterocycles. The van der Waals surface area contributed by atoms with Crippen LogP contribution in [0.1, 0.15) is 33.3 Å². The number of carbonyl (C=O) groups excluding carboxylic acids is 1. The summed E-state index contributed by atoms with van der Waals surface area (Å²) in [6.45, 7) is 7.81. The van der Waals surface area contributed by atoms with Gasteiger partial charge in [0.05, 0.1) is 0 Å². The van der Waals surface area contributed by atoms with Crippen molar-refractivity contribution in [3.05, 3.63) is 23.9 Å². The number of rotatable bonds is 6. The zero-order valence-electron chi connectivity index (χ0n) is 14.3. The molecule has 0 spiro atoms. The van der Waals surface area contributed by atoms with E-state index in [2.05, 4.69) is 10.3 Å². The highest BCUT2D eigenvalue weighted by Crippen LogP contribution is 2.18. The average molecular weight is 323 g/mol. The Kier molecular flexibility index (Phi) is 6.36. The summed E-state index contributed by atoms with van der Waals surface area (Å²) in [6.07, 6.45) is 1.11. The fraction of sp³-hybridized carbons (Fsp3) is 0.562. The number of pyridine rings is 1. The minimum absolute atomic E-state index is 0.140. The maximum atomic E-state index is 12.1. The maximum Gasteiger partial charge on any atom is 0.410 e. The summed E-state index contributed by atoms with van der Waals surface area (Å²) in [7, 11) is 1.43. The number of carboxylic acids is 1. The Morgan fingerprint density at radius 1 is 1.43 bits per heavy atom. The Morgan fingerprint density at radius 2 is 2.09 bits per heavy atom. The molecule has 0 radical (unpaired) electrons. The second-order valence-corrected chi connectivity index (χ2v) is 6.19. The third-order valence-corrected chi connectivity index (χ3v) is 3.08. The van der Waals surface area contributed by atoms with Crippen molar-refractivity contribution in [1.82, 2.24) is 9.88 Å². The second-order valence-electron chi connectivity index (χ2n) is 6.19. The molecule has 0 aliphatic carbocycles. The monoisotopic (exact) mass is 323 g/mol. The number of likely N-dealkylation sites (N-methyl/N-ethyl adjacent to an activating group) is 1. The Hall–Kier alpha value is -2.31. The number of nitrogens with zero attached hydrogens (tertiary/aromatic N) is 2. The molecule has 0 aliphatic rings. The SMILES string of the molecule is CCNc1ncccc1CC(C(=O)O)N(C)C(=O)OC(C)(C)C. The van der Waals surface area contributed by atoms with Crippen LogP contribution in [-0.4, -0.2) is 52.3 Å². The van der Waals surface area contributed by atoms with Gasteiger partial charge in [-0.05, 0) is 39.3 Å². The highest BCUT2D eigenvalue weighted by Gasteiger charge is 2.30. The Balaban J connectivity index is 2.95. The molecule has 7 nitrogen and oxygen atoms in total. The molecular weight excluding hydrogens is 298 g/mol. The van der Waals surface area contributed by atoms with Crippen LogP contribution in [0, 0.1) is 0 Å². The van der Waals surface area contributed by atoms with Gasteiger partial charge in [-0.15, -0.1) is 0 Å². The first kappa shape index (κ1) is 18.7. The number of amides is 1. The van der Waals surface area contributed by atoms with Crippen molar-refractivity contribution in [2.45, 2.75) is 45.8 Å². The van der Waals surface area contributed by atoms with E-state index >= 15 is 0 Å². The topological polar surface area (TPSA) is 91.8 Å². The van der Waals surface area contributed by atoms with Crippen LogP contribution in [-0.2, 0) is 16.0 Å². The predicted octanol–water partition coefficient (Wildman–Crippen LogP) is 2.38. The first-order chi connectivity index (χ1) is 10.7. The van der Waals surface area contributed by atoms with Gasteiger partial charge in [-0.3, -0.25) is 4.90 Å². The number of hydrogen-bond acceptors (Lipinski definition) is 5. The van der Waals surface area contributed by atoms with Gasteiger partial charge < -0.3 is 15.2 Å². The molecule has 0 aromatic carbocycles. The highest BCUT2D eigenvalue weighted by molar-refractivity contribution is 5.80. The van der Waals surface area contributed by atoms with Crippen molar-refractivity contribution in [1.29, 1.82) is 0 Å². The Bertz CT molecular complexity index is 555. The fourth-order valence-corrected chi connectivity index (χ4v) is 1.99. The van der Waals surface area contributed by atoms with E-state index in [-0.39, 0.29) is 6.42 Å². The van der Waals surface area contributed by atoms with Crippen LogP contribution in [0.3, 0.4) is 0 Å². The molecule has 1 heterocycles. The molecule has 0 aliphatic heterocycles. The summed E-state index contributed by atoms with van der Waals surface area (Å²) in [5.74, 6) is -0.469. The summed E-state index contributed by atoms with van der Waals surface area (Å²) in [6, 6.07) is 2.50. The number of hydrogen-bond donors (Lipinski definition) is 2. The minimum Gasteiger partial charge on any atom is -0.480 e. The fourth-order valence-electron chi connectivity index (χ4n) is 1.99. The molecule has 1 aromatic rings. The van der Waals surface area contributed by atoms with Crippen LogP contribution in [0.2, 0.25) is 0 Å². The number of anilines is 1. The molecule has 0 fully saturated rings. The number of aromatic nitrogens is 1. The first-order valence-electron chi connectivity index (χ1n) is 7.52. The van der Waals surface area contributed by atoms with E-state index in [0.29, 0.717) is 12.4 Å². The summed E-state index contributed by atoms with van der Waals surface area (Å²) in [5, 5.41) is 12.6. The van der Waals surface area contributed by atoms with Gasteiger partial charge in [0.2, 0.25) is 0 Å². The molecule has 7 heteroatoms. The minimum atomic E-state index is -1.09. The van der Waals surface area contributed by atoms with Gasteiger partial charge in [0.15, 0.2) is 0 Å². The van der Waals surface area contributed by atoms with Gasteiger partial charge in [-0.1, -0.05) is 6.07 Å². The lowest BCUT2D eigenvalue weighted by molar-refractivity contribution is -0.142. The third kappa shape index (κ3) is 5.77. The standard InChI is InChI=1S/C16H25N3O4/c1-6-17-13-11(8-7-9-18-13)10-12(14(20)21)19(5)15(22)23-16(2,3)4/h7-9,12H,6,10H2,1-5H3,(H,17,18)(H,20,21). The molecular formula is C16H25N3O4. The number of carbonyl (C=O) groups is 2. The number of carboxylic acid groups (broad SMARTS) is 1. The van der Waals surface area contributed by atoms with Crippen molar-refractivity contribution in [3.63, 3.8) is 0 Å². The predicted molar refractivity (Wildman–Crippen MR) is 87.5 cm³/mol. The lowest BCUT2D eigenvalue weighted by Gasteiger charge is -2.28. The second kappa shape index (κ2) is 7.80. The van der Waals surface area contributed by atoms with Crippen LogP contribution in [0.25, 0.3) is 0 Å². The summed E-state index contributed by atoms with van der Waals surface area (Å²) in [5.41, 5.74) is 0.0506. The van der Waals surface area contributed by atoms with Crippen molar-refractivity contribution in [2.75, 3.05) is 18.9 Å². The number of aliphatic carboxylic acids is 1. The van der Waals surface area contributed by atoms with E-state index in [1.807, 2.05) is 6.92 Å². The number of nitrogens with one attached hydrogen (secondary N) is 1. The van der Waals surface area contributed by atoms with Crippen LogP contribution >= 0.6 is 0 Å². The summed E-state index contributed by atoms with van der Waals surface area (Å²) in [4.78, 5) is 29.0. The van der Waals surface area contributed by atoms with Crippen molar-refractivity contribution < 1.29 is 19.4 Å². The van der Waals surface area contributed by atoms with E-state index in [4.69, 9.17) is 4.74 Å². The Labute approximate surface area is 136 Å². The average Bonchev–Trinajstić information content (AvgIpc) is 2.43. The molecule has 128 valence electrons. The zero-order chi connectivity index (χ0) is 17.6. The van der Waals surface area contributed by atoms with E-state index in [1.54, 1.807) is 39.1 Å². The van der Waals surface area contributed by atoms with Crippen LogP contribution in [0.5, 0.6) is 0 Å². The van der Waals surface area contributed by atoms with Crippen molar-refractivity contribution in [3.8, 4) is 0 Å². The zero-order valence-corrected chi connectivity index (χ0v) is 14.3. The molecule has 1 aromatic heterocycles. The lowest BCUT2D eigenvalue weighted by atomic mass is 10.1. The molecule has 0 saturated carbocycles. The molecule has 1 unspecified atom stereocenters. The van der Waals surface area contributed by atoms with Crippen molar-refractivity contribution >= 4 is 17.9 Å². The van der Waals surface area contributed by atoms with E-state index in [1.165, 1.54) is 7.05 Å². The first-order valence-corrected chi connectivity index (χ1v) is 7.52. The summed E-state index contributed by atoms with van der Waals surface area (Å²) < 4.78 is 5.24. The van der Waals surface area contributed by atoms with Gasteiger partial charge in [0.25, 0.3) is 0 Å². The molecule has 1 amide bonds. The maximum absolute atomic E-state index is 12.1.